The molecule has 1 N–H and O–H groups in total. The van der Waals surface area contributed by atoms with Crippen LogP contribution in [0.1, 0.15) is 41.2 Å². The van der Waals surface area contributed by atoms with Crippen molar-refractivity contribution in [2.45, 2.75) is 34.6 Å². The summed E-state index contributed by atoms with van der Waals surface area (Å²) < 4.78 is 10.6. The lowest BCUT2D eigenvalue weighted by Gasteiger charge is -2.21. The van der Waals surface area contributed by atoms with Gasteiger partial charge < -0.3 is 19.3 Å². The van der Waals surface area contributed by atoms with E-state index in [1.807, 2.05) is 38.1 Å². The Morgan fingerprint density at radius 1 is 1.04 bits per heavy atom. The van der Waals surface area contributed by atoms with E-state index < -0.39 is 0 Å². The van der Waals surface area contributed by atoms with Crippen molar-refractivity contribution in [2.24, 2.45) is 0 Å². The van der Waals surface area contributed by atoms with E-state index in [9.17, 15) is 4.79 Å². The fraction of sp³-hybridized carbons (Fsp3) is 0.350. The molecule has 0 saturated heterocycles. The number of hydrogen-bond acceptors (Lipinski definition) is 6. The average molecular weight is 368 g/mol. The van der Waals surface area contributed by atoms with Crippen LogP contribution in [0.25, 0.3) is 11.5 Å². The summed E-state index contributed by atoms with van der Waals surface area (Å²) in [5.74, 6) is 0.705. The number of nitrogens with one attached hydrogen (secondary N) is 1. The van der Waals surface area contributed by atoms with Gasteiger partial charge in [-0.3, -0.25) is 4.79 Å². The molecule has 0 bridgehead atoms. The molecule has 27 heavy (non-hydrogen) atoms. The second-order valence-electron chi connectivity index (χ2n) is 6.36. The minimum Gasteiger partial charge on any atom is -0.372 e. The second kappa shape index (κ2) is 7.65. The Balaban J connectivity index is 1.85. The molecule has 1 aromatic carbocycles. The van der Waals surface area contributed by atoms with Gasteiger partial charge in [0, 0.05) is 30.0 Å². The van der Waals surface area contributed by atoms with Crippen molar-refractivity contribution in [1.82, 2.24) is 10.3 Å². The Morgan fingerprint density at radius 3 is 2.26 bits per heavy atom. The number of carbonyl (C=O) groups is 1. The lowest BCUT2D eigenvalue weighted by molar-refractivity contribution is 0.102. The molecule has 142 valence electrons. The van der Waals surface area contributed by atoms with Crippen LogP contribution in [0.2, 0.25) is 0 Å². The standard InChI is InChI=1S/C20H24N4O3/c1-6-24(7-2)16-10-8-15(9-11-16)21-20(25)17-13(4)22-27-19(17)18-12(3)14(5)26-23-18/h8-11H,6-7H2,1-5H3,(H,21,25). The highest BCUT2D eigenvalue weighted by Gasteiger charge is 2.26. The molecule has 3 aromatic rings. The summed E-state index contributed by atoms with van der Waals surface area (Å²) in [5.41, 5.74) is 4.00. The highest BCUT2D eigenvalue weighted by molar-refractivity contribution is 6.08. The average Bonchev–Trinajstić information content (AvgIpc) is 3.20. The molecular weight excluding hydrogens is 344 g/mol. The first-order valence-corrected chi connectivity index (χ1v) is 9.02. The predicted molar refractivity (Wildman–Crippen MR) is 104 cm³/mol. The monoisotopic (exact) mass is 368 g/mol. The first kappa shape index (κ1) is 18.7. The van der Waals surface area contributed by atoms with Crippen LogP contribution in [-0.4, -0.2) is 29.3 Å². The lowest BCUT2D eigenvalue weighted by Crippen LogP contribution is -2.21. The summed E-state index contributed by atoms with van der Waals surface area (Å²) in [6.45, 7) is 11.5. The van der Waals surface area contributed by atoms with Crippen LogP contribution < -0.4 is 10.2 Å². The fourth-order valence-electron chi connectivity index (χ4n) is 2.97. The van der Waals surface area contributed by atoms with Crippen molar-refractivity contribution in [2.75, 3.05) is 23.3 Å². The number of amides is 1. The highest BCUT2D eigenvalue weighted by atomic mass is 16.5. The quantitative estimate of drug-likeness (QED) is 0.696. The zero-order valence-corrected chi connectivity index (χ0v) is 16.3. The largest absolute Gasteiger partial charge is 0.372 e. The number of aromatic nitrogens is 2. The molecule has 2 heterocycles. The Kier molecular flexibility index (Phi) is 5.30. The fourth-order valence-corrected chi connectivity index (χ4v) is 2.97. The molecule has 7 heteroatoms. The third kappa shape index (κ3) is 3.58. The van der Waals surface area contributed by atoms with Gasteiger partial charge in [-0.05, 0) is 58.9 Å². The number of benzene rings is 1. The molecule has 0 saturated carbocycles. The molecule has 0 unspecified atom stereocenters. The van der Waals surface area contributed by atoms with Gasteiger partial charge >= 0.3 is 0 Å². The van der Waals surface area contributed by atoms with E-state index >= 15 is 0 Å². The third-order valence-electron chi connectivity index (χ3n) is 4.72. The summed E-state index contributed by atoms with van der Waals surface area (Å²) >= 11 is 0. The van der Waals surface area contributed by atoms with E-state index in [2.05, 4.69) is 34.4 Å². The molecule has 0 atom stereocenters. The van der Waals surface area contributed by atoms with Gasteiger partial charge in [0.15, 0.2) is 5.69 Å². The zero-order chi connectivity index (χ0) is 19.6. The zero-order valence-electron chi connectivity index (χ0n) is 16.3. The summed E-state index contributed by atoms with van der Waals surface area (Å²) in [5, 5.41) is 10.9. The Hall–Kier alpha value is -3.09. The molecular formula is C20H24N4O3. The molecule has 0 aliphatic rings. The Bertz CT molecular complexity index is 937. The van der Waals surface area contributed by atoms with Gasteiger partial charge in [-0.15, -0.1) is 0 Å². The van der Waals surface area contributed by atoms with Crippen molar-refractivity contribution >= 4 is 17.3 Å². The van der Waals surface area contributed by atoms with E-state index in [1.165, 1.54) is 0 Å². The van der Waals surface area contributed by atoms with Crippen LogP contribution in [-0.2, 0) is 0 Å². The number of rotatable bonds is 6. The summed E-state index contributed by atoms with van der Waals surface area (Å²) in [7, 11) is 0. The SMILES string of the molecule is CCN(CC)c1ccc(NC(=O)c2c(C)noc2-c2noc(C)c2C)cc1. The smallest absolute Gasteiger partial charge is 0.261 e. The van der Waals surface area contributed by atoms with E-state index in [0.717, 1.165) is 24.3 Å². The maximum atomic E-state index is 12.9. The van der Waals surface area contributed by atoms with Crippen molar-refractivity contribution < 1.29 is 13.8 Å². The first-order valence-electron chi connectivity index (χ1n) is 9.02. The molecule has 0 aliphatic heterocycles. The maximum absolute atomic E-state index is 12.9. The van der Waals surface area contributed by atoms with Crippen LogP contribution in [0.5, 0.6) is 0 Å². The first-order chi connectivity index (χ1) is 13.0. The normalized spacial score (nSPS) is 10.9. The van der Waals surface area contributed by atoms with Gasteiger partial charge in [0.25, 0.3) is 5.91 Å². The van der Waals surface area contributed by atoms with Crippen LogP contribution >= 0.6 is 0 Å². The van der Waals surface area contributed by atoms with Crippen LogP contribution in [0.15, 0.2) is 33.3 Å². The lowest BCUT2D eigenvalue weighted by atomic mass is 10.1. The molecule has 1 amide bonds. The Labute approximate surface area is 158 Å². The van der Waals surface area contributed by atoms with Crippen LogP contribution in [0.4, 0.5) is 11.4 Å². The van der Waals surface area contributed by atoms with Gasteiger partial charge in [0.1, 0.15) is 11.3 Å². The number of nitrogens with zero attached hydrogens (tertiary/aromatic N) is 3. The molecule has 2 aromatic heterocycles. The molecule has 0 fully saturated rings. The minimum absolute atomic E-state index is 0.292. The van der Waals surface area contributed by atoms with Crippen molar-refractivity contribution in [3.8, 4) is 11.5 Å². The molecule has 0 aliphatic carbocycles. The summed E-state index contributed by atoms with van der Waals surface area (Å²) in [4.78, 5) is 15.1. The molecule has 3 rings (SSSR count). The number of hydrogen-bond donors (Lipinski definition) is 1. The van der Waals surface area contributed by atoms with Crippen molar-refractivity contribution in [3.63, 3.8) is 0 Å². The van der Waals surface area contributed by atoms with E-state index in [0.29, 0.717) is 34.2 Å². The Morgan fingerprint density at radius 2 is 1.70 bits per heavy atom. The maximum Gasteiger partial charge on any atom is 0.261 e. The molecule has 0 radical (unpaired) electrons. The van der Waals surface area contributed by atoms with Gasteiger partial charge in [0.05, 0.1) is 5.69 Å². The van der Waals surface area contributed by atoms with Gasteiger partial charge in [-0.1, -0.05) is 10.3 Å². The minimum atomic E-state index is -0.292. The highest BCUT2D eigenvalue weighted by Crippen LogP contribution is 2.30. The third-order valence-corrected chi connectivity index (χ3v) is 4.72. The summed E-state index contributed by atoms with van der Waals surface area (Å²) in [6.07, 6.45) is 0. The number of carbonyl (C=O) groups excluding carboxylic acids is 1. The summed E-state index contributed by atoms with van der Waals surface area (Å²) in [6, 6.07) is 7.77. The van der Waals surface area contributed by atoms with Gasteiger partial charge in [-0.2, -0.15) is 0 Å². The van der Waals surface area contributed by atoms with E-state index in [4.69, 9.17) is 9.05 Å². The van der Waals surface area contributed by atoms with Crippen molar-refractivity contribution in [3.05, 3.63) is 46.8 Å². The number of anilines is 2. The van der Waals surface area contributed by atoms with E-state index in [1.54, 1.807) is 6.92 Å². The van der Waals surface area contributed by atoms with Crippen LogP contribution in [0.3, 0.4) is 0 Å². The van der Waals surface area contributed by atoms with E-state index in [-0.39, 0.29) is 5.91 Å². The van der Waals surface area contributed by atoms with Gasteiger partial charge in [-0.25, -0.2) is 0 Å². The predicted octanol–water partition coefficient (Wildman–Crippen LogP) is 4.35. The second-order valence-corrected chi connectivity index (χ2v) is 6.36. The number of aryl methyl sites for hydroxylation is 2. The molecule has 0 spiro atoms. The van der Waals surface area contributed by atoms with Crippen LogP contribution in [0, 0.1) is 20.8 Å². The topological polar surface area (TPSA) is 84.4 Å². The molecule has 7 nitrogen and oxygen atoms in total. The van der Waals surface area contributed by atoms with Gasteiger partial charge in [0.2, 0.25) is 5.76 Å². The van der Waals surface area contributed by atoms with Crippen molar-refractivity contribution in [1.29, 1.82) is 0 Å².